The molecule has 4 heteroatoms. The van der Waals surface area contributed by atoms with Crippen LogP contribution in [-0.4, -0.2) is 11.9 Å². The van der Waals surface area contributed by atoms with Crippen molar-refractivity contribution in [1.82, 2.24) is 5.32 Å². The molecule has 2 nitrogen and oxygen atoms in total. The highest BCUT2D eigenvalue weighted by Gasteiger charge is 2.26. The van der Waals surface area contributed by atoms with Crippen LogP contribution in [0.3, 0.4) is 0 Å². The van der Waals surface area contributed by atoms with E-state index in [2.05, 4.69) is 28.2 Å². The molecule has 0 aliphatic heterocycles. The number of nitrogens with one attached hydrogen (secondary N) is 1. The molecule has 2 unspecified atom stereocenters. The van der Waals surface area contributed by atoms with Crippen LogP contribution in [0.4, 0.5) is 4.39 Å². The van der Waals surface area contributed by atoms with E-state index >= 15 is 0 Å². The largest absolute Gasteiger partial charge is 0.349 e. The van der Waals surface area contributed by atoms with Gasteiger partial charge >= 0.3 is 0 Å². The topological polar surface area (TPSA) is 29.1 Å². The summed E-state index contributed by atoms with van der Waals surface area (Å²) in [6.07, 6.45) is 3.24. The molecule has 0 aromatic heterocycles. The molecule has 2 atom stereocenters. The van der Waals surface area contributed by atoms with E-state index < -0.39 is 5.82 Å². The number of rotatable bonds is 2. The first-order chi connectivity index (χ1) is 8.09. The predicted molar refractivity (Wildman–Crippen MR) is 68.4 cm³/mol. The molecule has 2 rings (SSSR count). The molecule has 1 fully saturated rings. The highest BCUT2D eigenvalue weighted by Crippen LogP contribution is 2.26. The maximum atomic E-state index is 13.6. The van der Waals surface area contributed by atoms with E-state index in [4.69, 9.17) is 0 Å². The lowest BCUT2D eigenvalue weighted by Crippen LogP contribution is -2.37. The minimum Gasteiger partial charge on any atom is -0.349 e. The quantitative estimate of drug-likeness (QED) is 0.890. The van der Waals surface area contributed by atoms with Gasteiger partial charge in [-0.3, -0.25) is 4.79 Å². The zero-order valence-corrected chi connectivity index (χ0v) is 11.3. The SMILES string of the molecule is CC1CCCC1NC(=O)c1c(F)cccc1Br. The molecule has 1 aliphatic rings. The van der Waals surface area contributed by atoms with Crippen LogP contribution in [0.5, 0.6) is 0 Å². The fourth-order valence-corrected chi connectivity index (χ4v) is 2.84. The summed E-state index contributed by atoms with van der Waals surface area (Å²) in [5.41, 5.74) is 0.103. The molecular weight excluding hydrogens is 285 g/mol. The summed E-state index contributed by atoms with van der Waals surface area (Å²) in [5.74, 6) is -0.333. The van der Waals surface area contributed by atoms with Gasteiger partial charge in [-0.25, -0.2) is 4.39 Å². The first-order valence-corrected chi connectivity index (χ1v) is 6.63. The lowest BCUT2D eigenvalue weighted by atomic mass is 10.1. The molecule has 0 spiro atoms. The van der Waals surface area contributed by atoms with Crippen molar-refractivity contribution in [3.63, 3.8) is 0 Å². The van der Waals surface area contributed by atoms with Gasteiger partial charge in [-0.05, 0) is 46.8 Å². The van der Waals surface area contributed by atoms with Crippen LogP contribution in [0.1, 0.15) is 36.5 Å². The first kappa shape index (κ1) is 12.6. The molecule has 17 heavy (non-hydrogen) atoms. The monoisotopic (exact) mass is 299 g/mol. The zero-order chi connectivity index (χ0) is 12.4. The Bertz CT molecular complexity index is 415. The number of carbonyl (C=O) groups excluding carboxylic acids is 1. The zero-order valence-electron chi connectivity index (χ0n) is 9.67. The van der Waals surface area contributed by atoms with Crippen LogP contribution >= 0.6 is 15.9 Å². The van der Waals surface area contributed by atoms with Crippen molar-refractivity contribution in [3.05, 3.63) is 34.1 Å². The van der Waals surface area contributed by atoms with Gasteiger partial charge in [0.25, 0.3) is 5.91 Å². The van der Waals surface area contributed by atoms with Gasteiger partial charge in [0, 0.05) is 10.5 Å². The summed E-state index contributed by atoms with van der Waals surface area (Å²) >= 11 is 3.21. The molecule has 1 aromatic rings. The standard InChI is InChI=1S/C13H15BrFNO/c1-8-4-2-7-11(8)16-13(17)12-9(14)5-3-6-10(12)15/h3,5-6,8,11H,2,4,7H2,1H3,(H,16,17). The molecule has 1 aliphatic carbocycles. The molecule has 1 N–H and O–H groups in total. The van der Waals surface area contributed by atoms with E-state index in [0.717, 1.165) is 19.3 Å². The van der Waals surface area contributed by atoms with Crippen LogP contribution in [-0.2, 0) is 0 Å². The average molecular weight is 300 g/mol. The van der Waals surface area contributed by atoms with Crippen molar-refractivity contribution in [2.75, 3.05) is 0 Å². The van der Waals surface area contributed by atoms with Crippen molar-refractivity contribution < 1.29 is 9.18 Å². The van der Waals surface area contributed by atoms with Gasteiger partial charge in [0.15, 0.2) is 0 Å². The fourth-order valence-electron chi connectivity index (χ4n) is 2.32. The second kappa shape index (κ2) is 5.17. The van der Waals surface area contributed by atoms with Gasteiger partial charge in [-0.1, -0.05) is 19.4 Å². The number of hydrogen-bond acceptors (Lipinski definition) is 1. The van der Waals surface area contributed by atoms with E-state index in [0.29, 0.717) is 10.4 Å². The highest BCUT2D eigenvalue weighted by atomic mass is 79.9. The van der Waals surface area contributed by atoms with E-state index in [1.165, 1.54) is 6.07 Å². The van der Waals surface area contributed by atoms with Crippen molar-refractivity contribution in [1.29, 1.82) is 0 Å². The van der Waals surface area contributed by atoms with E-state index in [9.17, 15) is 9.18 Å². The van der Waals surface area contributed by atoms with Gasteiger partial charge in [0.2, 0.25) is 0 Å². The Morgan fingerprint density at radius 1 is 1.47 bits per heavy atom. The predicted octanol–water partition coefficient (Wildman–Crippen LogP) is 3.51. The first-order valence-electron chi connectivity index (χ1n) is 5.84. The van der Waals surface area contributed by atoms with Gasteiger partial charge in [-0.2, -0.15) is 0 Å². The minimum atomic E-state index is -0.484. The Balaban J connectivity index is 2.14. The van der Waals surface area contributed by atoms with Crippen molar-refractivity contribution in [2.24, 2.45) is 5.92 Å². The van der Waals surface area contributed by atoms with Crippen LogP contribution < -0.4 is 5.32 Å². The number of benzene rings is 1. The van der Waals surface area contributed by atoms with Crippen LogP contribution in [0.25, 0.3) is 0 Å². The van der Waals surface area contributed by atoms with Crippen LogP contribution in [0.15, 0.2) is 22.7 Å². The Hall–Kier alpha value is -0.900. The van der Waals surface area contributed by atoms with Crippen molar-refractivity contribution >= 4 is 21.8 Å². The summed E-state index contributed by atoms with van der Waals surface area (Å²) in [7, 11) is 0. The highest BCUT2D eigenvalue weighted by molar-refractivity contribution is 9.10. The summed E-state index contributed by atoms with van der Waals surface area (Å²) in [6.45, 7) is 2.12. The number of amides is 1. The third-order valence-electron chi connectivity index (χ3n) is 3.37. The number of carbonyl (C=O) groups is 1. The van der Waals surface area contributed by atoms with Crippen molar-refractivity contribution in [3.8, 4) is 0 Å². The molecule has 1 amide bonds. The van der Waals surface area contributed by atoms with Gasteiger partial charge < -0.3 is 5.32 Å². The van der Waals surface area contributed by atoms with E-state index in [-0.39, 0.29) is 17.5 Å². The van der Waals surface area contributed by atoms with E-state index in [1.807, 2.05) is 0 Å². The lowest BCUT2D eigenvalue weighted by molar-refractivity contribution is 0.0924. The number of hydrogen-bond donors (Lipinski definition) is 1. The Morgan fingerprint density at radius 3 is 2.82 bits per heavy atom. The van der Waals surface area contributed by atoms with Crippen LogP contribution in [0, 0.1) is 11.7 Å². The van der Waals surface area contributed by atoms with Crippen LogP contribution in [0.2, 0.25) is 0 Å². The average Bonchev–Trinajstić information content (AvgIpc) is 2.64. The Labute approximate surface area is 109 Å². The van der Waals surface area contributed by atoms with E-state index in [1.54, 1.807) is 12.1 Å². The second-order valence-electron chi connectivity index (χ2n) is 4.58. The molecule has 1 aromatic carbocycles. The summed E-state index contributed by atoms with van der Waals surface area (Å²) in [4.78, 5) is 12.0. The third-order valence-corrected chi connectivity index (χ3v) is 4.03. The maximum Gasteiger partial charge on any atom is 0.255 e. The van der Waals surface area contributed by atoms with Gasteiger partial charge in [-0.15, -0.1) is 0 Å². The molecule has 1 saturated carbocycles. The summed E-state index contributed by atoms with van der Waals surface area (Å²) in [5, 5.41) is 2.92. The summed E-state index contributed by atoms with van der Waals surface area (Å²) < 4.78 is 14.1. The summed E-state index contributed by atoms with van der Waals surface area (Å²) in [6, 6.07) is 4.73. The Morgan fingerprint density at radius 2 is 2.24 bits per heavy atom. The normalized spacial score (nSPS) is 23.7. The van der Waals surface area contributed by atoms with Crippen molar-refractivity contribution in [2.45, 2.75) is 32.2 Å². The maximum absolute atomic E-state index is 13.6. The Kier molecular flexibility index (Phi) is 3.82. The second-order valence-corrected chi connectivity index (χ2v) is 5.44. The van der Waals surface area contributed by atoms with Gasteiger partial charge in [0.1, 0.15) is 5.82 Å². The molecule has 92 valence electrons. The fraction of sp³-hybridized carbons (Fsp3) is 0.462. The molecule has 0 radical (unpaired) electrons. The third kappa shape index (κ3) is 2.68. The number of halogens is 2. The minimum absolute atomic E-state index is 0.103. The molecule has 0 bridgehead atoms. The smallest absolute Gasteiger partial charge is 0.255 e. The lowest BCUT2D eigenvalue weighted by Gasteiger charge is -2.17. The molecular formula is C13H15BrFNO. The molecule has 0 saturated heterocycles. The molecule has 0 heterocycles. The van der Waals surface area contributed by atoms with Gasteiger partial charge in [0.05, 0.1) is 5.56 Å².